The Morgan fingerprint density at radius 3 is 2.35 bits per heavy atom. The standard InChI is InChI=1S/C13H15F2NO4/c1-13(2,3)20-12(19)16-10-6-8(14)7(4-9(10)15)5-11(17)18/h4,6H,5H2,1-3H3,(H,16,19)(H,17,18). The van der Waals surface area contributed by atoms with Gasteiger partial charge in [-0.15, -0.1) is 0 Å². The van der Waals surface area contributed by atoms with Gasteiger partial charge in [0.15, 0.2) is 0 Å². The number of carbonyl (C=O) groups excluding carboxylic acids is 1. The maximum Gasteiger partial charge on any atom is 0.412 e. The minimum atomic E-state index is -1.28. The number of carboxylic acids is 1. The molecule has 0 saturated carbocycles. The van der Waals surface area contributed by atoms with Crippen molar-refractivity contribution < 1.29 is 28.2 Å². The molecule has 110 valence electrons. The first kappa shape index (κ1) is 15.9. The molecule has 1 rings (SSSR count). The Bertz CT molecular complexity index is 538. The van der Waals surface area contributed by atoms with Crippen molar-refractivity contribution in [2.75, 3.05) is 5.32 Å². The van der Waals surface area contributed by atoms with Gasteiger partial charge in [0.1, 0.15) is 17.2 Å². The summed E-state index contributed by atoms with van der Waals surface area (Å²) in [7, 11) is 0. The lowest BCUT2D eigenvalue weighted by Gasteiger charge is -2.20. The van der Waals surface area contributed by atoms with Gasteiger partial charge in [-0.3, -0.25) is 10.1 Å². The van der Waals surface area contributed by atoms with Crippen LogP contribution < -0.4 is 5.32 Å². The summed E-state index contributed by atoms with van der Waals surface area (Å²) in [6.45, 7) is 4.87. The minimum Gasteiger partial charge on any atom is -0.481 e. The van der Waals surface area contributed by atoms with Gasteiger partial charge in [0.25, 0.3) is 0 Å². The van der Waals surface area contributed by atoms with Gasteiger partial charge in [-0.1, -0.05) is 0 Å². The van der Waals surface area contributed by atoms with Crippen LogP contribution in [0.15, 0.2) is 12.1 Å². The molecule has 0 unspecified atom stereocenters. The van der Waals surface area contributed by atoms with Gasteiger partial charge in [0.2, 0.25) is 0 Å². The van der Waals surface area contributed by atoms with E-state index in [1.807, 2.05) is 0 Å². The van der Waals surface area contributed by atoms with Crippen molar-refractivity contribution >= 4 is 17.7 Å². The molecule has 1 aromatic carbocycles. The van der Waals surface area contributed by atoms with Crippen molar-refractivity contribution in [1.29, 1.82) is 0 Å². The van der Waals surface area contributed by atoms with Crippen molar-refractivity contribution in [3.8, 4) is 0 Å². The van der Waals surface area contributed by atoms with Crippen LogP contribution in [-0.2, 0) is 16.0 Å². The third-order valence-electron chi connectivity index (χ3n) is 2.11. The number of hydrogen-bond donors (Lipinski definition) is 2. The van der Waals surface area contributed by atoms with E-state index >= 15 is 0 Å². The molecule has 2 N–H and O–H groups in total. The summed E-state index contributed by atoms with van der Waals surface area (Å²) in [4.78, 5) is 21.9. The quantitative estimate of drug-likeness (QED) is 0.896. The van der Waals surface area contributed by atoms with E-state index in [4.69, 9.17) is 9.84 Å². The van der Waals surface area contributed by atoms with E-state index in [9.17, 15) is 18.4 Å². The third-order valence-corrected chi connectivity index (χ3v) is 2.11. The first-order valence-corrected chi connectivity index (χ1v) is 5.78. The van der Waals surface area contributed by atoms with E-state index in [0.29, 0.717) is 0 Å². The van der Waals surface area contributed by atoms with Crippen LogP contribution in [-0.4, -0.2) is 22.8 Å². The maximum atomic E-state index is 13.6. The SMILES string of the molecule is CC(C)(C)OC(=O)Nc1cc(F)c(CC(=O)O)cc1F. The molecular formula is C13H15F2NO4. The number of anilines is 1. The Morgan fingerprint density at radius 1 is 1.25 bits per heavy atom. The summed E-state index contributed by atoms with van der Waals surface area (Å²) in [5.41, 5.74) is -1.49. The lowest BCUT2D eigenvalue weighted by Crippen LogP contribution is -2.27. The molecule has 20 heavy (non-hydrogen) atoms. The summed E-state index contributed by atoms with van der Waals surface area (Å²) in [5, 5.41) is 10.6. The van der Waals surface area contributed by atoms with Crippen LogP contribution in [0.2, 0.25) is 0 Å². The zero-order valence-corrected chi connectivity index (χ0v) is 11.3. The largest absolute Gasteiger partial charge is 0.481 e. The average molecular weight is 287 g/mol. The highest BCUT2D eigenvalue weighted by Crippen LogP contribution is 2.21. The van der Waals surface area contributed by atoms with Crippen LogP contribution >= 0.6 is 0 Å². The van der Waals surface area contributed by atoms with E-state index in [0.717, 1.165) is 12.1 Å². The number of benzene rings is 1. The second kappa shape index (κ2) is 5.85. The van der Waals surface area contributed by atoms with E-state index in [2.05, 4.69) is 5.32 Å². The Hall–Kier alpha value is -2.18. The molecule has 0 bridgehead atoms. The fourth-order valence-corrected chi connectivity index (χ4v) is 1.40. The van der Waals surface area contributed by atoms with Crippen LogP contribution in [0.4, 0.5) is 19.3 Å². The number of nitrogens with one attached hydrogen (secondary N) is 1. The van der Waals surface area contributed by atoms with Crippen molar-refractivity contribution in [2.45, 2.75) is 32.8 Å². The van der Waals surface area contributed by atoms with Crippen molar-refractivity contribution in [1.82, 2.24) is 0 Å². The lowest BCUT2D eigenvalue weighted by molar-refractivity contribution is -0.136. The molecule has 0 saturated heterocycles. The number of carbonyl (C=O) groups is 2. The Balaban J connectivity index is 2.90. The zero-order valence-electron chi connectivity index (χ0n) is 11.3. The van der Waals surface area contributed by atoms with E-state index in [-0.39, 0.29) is 5.56 Å². The molecule has 1 amide bonds. The molecule has 0 atom stereocenters. The summed E-state index contributed by atoms with van der Waals surface area (Å²) in [6.07, 6.45) is -1.57. The highest BCUT2D eigenvalue weighted by molar-refractivity contribution is 5.85. The van der Waals surface area contributed by atoms with Crippen LogP contribution in [0.5, 0.6) is 0 Å². The Kier molecular flexibility index (Phi) is 4.65. The highest BCUT2D eigenvalue weighted by Gasteiger charge is 2.19. The molecule has 7 heteroatoms. The number of amides is 1. The van der Waals surface area contributed by atoms with Crippen LogP contribution in [0.3, 0.4) is 0 Å². The van der Waals surface area contributed by atoms with E-state index < -0.39 is 41.4 Å². The number of halogens is 2. The predicted octanol–water partition coefficient (Wildman–Crippen LogP) is 2.94. The van der Waals surface area contributed by atoms with Gasteiger partial charge in [-0.25, -0.2) is 13.6 Å². The fourth-order valence-electron chi connectivity index (χ4n) is 1.40. The number of rotatable bonds is 3. The predicted molar refractivity (Wildman–Crippen MR) is 67.6 cm³/mol. The van der Waals surface area contributed by atoms with Gasteiger partial charge < -0.3 is 9.84 Å². The molecule has 0 aromatic heterocycles. The van der Waals surface area contributed by atoms with Gasteiger partial charge in [-0.05, 0) is 26.8 Å². The molecule has 0 aliphatic carbocycles. The molecule has 1 aromatic rings. The molecule has 0 spiro atoms. The van der Waals surface area contributed by atoms with E-state index in [1.165, 1.54) is 0 Å². The molecule has 0 heterocycles. The van der Waals surface area contributed by atoms with E-state index in [1.54, 1.807) is 20.8 Å². The minimum absolute atomic E-state index is 0.301. The average Bonchev–Trinajstić information content (AvgIpc) is 2.21. The second-order valence-electron chi connectivity index (χ2n) is 5.12. The second-order valence-corrected chi connectivity index (χ2v) is 5.12. The summed E-state index contributed by atoms with van der Waals surface area (Å²) >= 11 is 0. The number of hydrogen-bond acceptors (Lipinski definition) is 3. The first-order valence-electron chi connectivity index (χ1n) is 5.78. The molecule has 0 aliphatic heterocycles. The van der Waals surface area contributed by atoms with Gasteiger partial charge in [0, 0.05) is 11.6 Å². The molecular weight excluding hydrogens is 272 g/mol. The van der Waals surface area contributed by atoms with Crippen molar-refractivity contribution in [2.24, 2.45) is 0 Å². The summed E-state index contributed by atoms with van der Waals surface area (Å²) < 4.78 is 32.1. The van der Waals surface area contributed by atoms with Crippen LogP contribution in [0.25, 0.3) is 0 Å². The van der Waals surface area contributed by atoms with Gasteiger partial charge >= 0.3 is 12.1 Å². The maximum absolute atomic E-state index is 13.6. The van der Waals surface area contributed by atoms with Crippen LogP contribution in [0, 0.1) is 11.6 Å². The molecule has 5 nitrogen and oxygen atoms in total. The summed E-state index contributed by atoms with van der Waals surface area (Å²) in [6, 6.07) is 1.45. The number of aliphatic carboxylic acids is 1. The highest BCUT2D eigenvalue weighted by atomic mass is 19.1. The monoisotopic (exact) mass is 287 g/mol. The fraction of sp³-hybridized carbons (Fsp3) is 0.385. The van der Waals surface area contributed by atoms with Gasteiger partial charge in [-0.2, -0.15) is 0 Å². The van der Waals surface area contributed by atoms with Crippen LogP contribution in [0.1, 0.15) is 26.3 Å². The lowest BCUT2D eigenvalue weighted by atomic mass is 10.1. The summed E-state index contributed by atoms with van der Waals surface area (Å²) in [5.74, 6) is -3.13. The van der Waals surface area contributed by atoms with Crippen molar-refractivity contribution in [3.63, 3.8) is 0 Å². The smallest absolute Gasteiger partial charge is 0.412 e. The first-order chi connectivity index (χ1) is 9.08. The zero-order chi connectivity index (χ0) is 15.5. The topological polar surface area (TPSA) is 75.6 Å². The number of ether oxygens (including phenoxy) is 1. The normalized spacial score (nSPS) is 11.1. The van der Waals surface area contributed by atoms with Crippen molar-refractivity contribution in [3.05, 3.63) is 29.3 Å². The third kappa shape index (κ3) is 4.83. The molecule has 0 fully saturated rings. The number of carboxylic acid groups (broad SMARTS) is 1. The Labute approximate surface area is 114 Å². The molecule has 0 radical (unpaired) electrons. The molecule has 0 aliphatic rings. The Morgan fingerprint density at radius 2 is 1.85 bits per heavy atom. The van der Waals surface area contributed by atoms with Gasteiger partial charge in [0.05, 0.1) is 12.1 Å².